The molecule has 2 N–H and O–H groups in total. The van der Waals surface area contributed by atoms with E-state index < -0.39 is 0 Å². The van der Waals surface area contributed by atoms with Gasteiger partial charge in [-0.25, -0.2) is 9.78 Å². The van der Waals surface area contributed by atoms with Gasteiger partial charge in [-0.3, -0.25) is 0 Å². The van der Waals surface area contributed by atoms with Crippen LogP contribution < -0.4 is 5.73 Å². The lowest BCUT2D eigenvalue weighted by atomic mass is 10.1. The highest BCUT2D eigenvalue weighted by atomic mass is 79.9. The second-order valence-electron chi connectivity index (χ2n) is 4.81. The molecule has 0 spiro atoms. The van der Waals surface area contributed by atoms with Crippen LogP contribution in [0.1, 0.15) is 27.9 Å². The molecule has 0 aliphatic carbocycles. The number of rotatable bonds is 4. The number of hydrogen-bond acceptors (Lipinski definition) is 6. The van der Waals surface area contributed by atoms with Crippen LogP contribution in [0, 0.1) is 18.8 Å². The summed E-state index contributed by atoms with van der Waals surface area (Å²) in [7, 11) is 1.58. The molecular weight excluding hydrogens is 392 g/mol. The number of nitrogens with zero attached hydrogens (tertiary/aromatic N) is 1. The number of esters is 1. The van der Waals surface area contributed by atoms with Crippen LogP contribution in [0.15, 0.2) is 16.6 Å². The highest BCUT2D eigenvalue weighted by Crippen LogP contribution is 2.34. The smallest absolute Gasteiger partial charge is 0.350 e. The first-order valence-electron chi connectivity index (χ1n) is 7.19. The van der Waals surface area contributed by atoms with Crippen LogP contribution >= 0.6 is 27.3 Å². The molecule has 0 saturated carbocycles. The van der Waals surface area contributed by atoms with E-state index in [4.69, 9.17) is 15.2 Å². The number of hydrogen-bond donors (Lipinski definition) is 1. The number of ether oxygens (including phenoxy) is 2. The summed E-state index contributed by atoms with van der Waals surface area (Å²) in [6, 6.07) is 3.72. The Morgan fingerprint density at radius 2 is 2.21 bits per heavy atom. The van der Waals surface area contributed by atoms with Crippen LogP contribution in [-0.2, 0) is 9.47 Å². The molecule has 2 rings (SSSR count). The first kappa shape index (κ1) is 18.5. The summed E-state index contributed by atoms with van der Waals surface area (Å²) in [5.41, 5.74) is 8.77. The van der Waals surface area contributed by atoms with Gasteiger partial charge in [0.25, 0.3) is 0 Å². The predicted octanol–water partition coefficient (Wildman–Crippen LogP) is 3.64. The summed E-state index contributed by atoms with van der Waals surface area (Å²) in [5.74, 6) is 5.52. The van der Waals surface area contributed by atoms with Crippen LogP contribution in [0.5, 0.6) is 0 Å². The normalized spacial score (nSPS) is 10.2. The highest BCUT2D eigenvalue weighted by molar-refractivity contribution is 9.10. The summed E-state index contributed by atoms with van der Waals surface area (Å²) in [4.78, 5) is 16.9. The van der Waals surface area contributed by atoms with Gasteiger partial charge < -0.3 is 15.2 Å². The van der Waals surface area contributed by atoms with Crippen LogP contribution in [0.3, 0.4) is 0 Å². The average Bonchev–Trinajstić information content (AvgIpc) is 2.93. The Labute approximate surface area is 153 Å². The molecule has 0 fully saturated rings. The number of benzene rings is 1. The summed E-state index contributed by atoms with van der Waals surface area (Å²) in [6.45, 7) is 4.22. The van der Waals surface area contributed by atoms with Crippen molar-refractivity contribution in [3.8, 4) is 22.4 Å². The lowest BCUT2D eigenvalue weighted by Gasteiger charge is -2.05. The summed E-state index contributed by atoms with van der Waals surface area (Å²) in [6.07, 6.45) is 0. The molecular formula is C17H17BrN2O3S. The zero-order chi connectivity index (χ0) is 17.7. The Hall–Kier alpha value is -1.88. The van der Waals surface area contributed by atoms with Crippen molar-refractivity contribution in [2.75, 3.05) is 26.1 Å². The van der Waals surface area contributed by atoms with Gasteiger partial charge in [-0.1, -0.05) is 11.8 Å². The maximum Gasteiger partial charge on any atom is 0.350 e. The number of nitrogens with two attached hydrogens (primary N) is 1. The van der Waals surface area contributed by atoms with E-state index in [1.807, 2.05) is 12.1 Å². The van der Waals surface area contributed by atoms with Crippen molar-refractivity contribution < 1.29 is 14.3 Å². The zero-order valence-corrected chi connectivity index (χ0v) is 16.0. The van der Waals surface area contributed by atoms with Crippen molar-refractivity contribution in [1.82, 2.24) is 4.98 Å². The second-order valence-corrected chi connectivity index (χ2v) is 6.66. The number of nitrogen functional groups attached to an aromatic ring is 1. The van der Waals surface area contributed by atoms with Crippen molar-refractivity contribution in [1.29, 1.82) is 0 Å². The lowest BCUT2D eigenvalue weighted by Crippen LogP contribution is -2.03. The monoisotopic (exact) mass is 408 g/mol. The lowest BCUT2D eigenvalue weighted by molar-refractivity contribution is 0.0531. The Morgan fingerprint density at radius 3 is 2.88 bits per heavy atom. The molecule has 0 saturated heterocycles. The number of halogens is 1. The second kappa shape index (κ2) is 8.29. The fourth-order valence-corrected chi connectivity index (χ4v) is 3.36. The molecule has 126 valence electrons. The molecule has 0 bridgehead atoms. The molecule has 0 unspecified atom stereocenters. The highest BCUT2D eigenvalue weighted by Gasteiger charge is 2.18. The number of anilines is 1. The Morgan fingerprint density at radius 1 is 1.46 bits per heavy atom. The van der Waals surface area contributed by atoms with Gasteiger partial charge in [0.2, 0.25) is 0 Å². The van der Waals surface area contributed by atoms with Gasteiger partial charge in [-0.15, -0.1) is 11.3 Å². The van der Waals surface area contributed by atoms with Gasteiger partial charge in [-0.05, 0) is 41.9 Å². The number of carbonyl (C=O) groups is 1. The molecule has 2 aromatic rings. The van der Waals surface area contributed by atoms with E-state index in [9.17, 15) is 4.79 Å². The molecule has 0 aliphatic rings. The van der Waals surface area contributed by atoms with Crippen molar-refractivity contribution in [2.24, 2.45) is 0 Å². The van der Waals surface area contributed by atoms with E-state index in [0.717, 1.165) is 10.0 Å². The Kier molecular flexibility index (Phi) is 6.37. The minimum atomic E-state index is -0.353. The largest absolute Gasteiger partial charge is 0.462 e. The SMILES string of the molecule is CCOC(=O)c1sc(-c2cc(Br)c(N)c(C#CCOC)c2)nc1C. The van der Waals surface area contributed by atoms with Crippen molar-refractivity contribution >= 4 is 38.9 Å². The quantitative estimate of drug-likeness (QED) is 0.474. The molecule has 1 aromatic carbocycles. The van der Waals surface area contributed by atoms with E-state index in [0.29, 0.717) is 40.0 Å². The molecule has 0 atom stereocenters. The van der Waals surface area contributed by atoms with E-state index >= 15 is 0 Å². The summed E-state index contributed by atoms with van der Waals surface area (Å²) in [5, 5.41) is 0.714. The molecule has 1 heterocycles. The number of aromatic nitrogens is 1. The molecule has 0 aliphatic heterocycles. The van der Waals surface area contributed by atoms with Gasteiger partial charge in [0.1, 0.15) is 16.5 Å². The first-order chi connectivity index (χ1) is 11.5. The molecule has 7 heteroatoms. The Bertz CT molecular complexity index is 821. The average molecular weight is 409 g/mol. The topological polar surface area (TPSA) is 74.4 Å². The van der Waals surface area contributed by atoms with Crippen molar-refractivity contribution in [3.63, 3.8) is 0 Å². The fourth-order valence-electron chi connectivity index (χ4n) is 1.95. The molecule has 5 nitrogen and oxygen atoms in total. The third-order valence-corrected chi connectivity index (χ3v) is 4.92. The number of aryl methyl sites for hydroxylation is 1. The van der Waals surface area contributed by atoms with Gasteiger partial charge in [0, 0.05) is 22.7 Å². The maximum atomic E-state index is 12.0. The van der Waals surface area contributed by atoms with Crippen LogP contribution in [-0.4, -0.2) is 31.3 Å². The fraction of sp³-hybridized carbons (Fsp3) is 0.294. The third kappa shape index (κ3) is 4.15. The number of carbonyl (C=O) groups excluding carboxylic acids is 1. The van der Waals surface area contributed by atoms with E-state index in [2.05, 4.69) is 32.8 Å². The van der Waals surface area contributed by atoms with E-state index in [1.165, 1.54) is 11.3 Å². The van der Waals surface area contributed by atoms with Gasteiger partial charge in [0.05, 0.1) is 18.0 Å². The van der Waals surface area contributed by atoms with E-state index in [-0.39, 0.29) is 5.97 Å². The standard InChI is InChI=1S/C17H17BrN2O3S/c1-4-23-17(21)15-10(2)20-16(24-15)12-8-11(6-5-7-22-3)14(19)13(18)9-12/h8-9H,4,7,19H2,1-3H3. The zero-order valence-electron chi connectivity index (χ0n) is 13.6. The third-order valence-electron chi connectivity index (χ3n) is 3.07. The van der Waals surface area contributed by atoms with E-state index in [1.54, 1.807) is 21.0 Å². The van der Waals surface area contributed by atoms with Gasteiger partial charge in [-0.2, -0.15) is 0 Å². The molecule has 24 heavy (non-hydrogen) atoms. The minimum Gasteiger partial charge on any atom is -0.462 e. The maximum absolute atomic E-state index is 12.0. The summed E-state index contributed by atoms with van der Waals surface area (Å²) >= 11 is 4.74. The molecule has 0 radical (unpaired) electrons. The molecule has 0 amide bonds. The minimum absolute atomic E-state index is 0.324. The first-order valence-corrected chi connectivity index (χ1v) is 8.80. The van der Waals surface area contributed by atoms with Crippen LogP contribution in [0.2, 0.25) is 0 Å². The van der Waals surface area contributed by atoms with Crippen molar-refractivity contribution in [3.05, 3.63) is 32.7 Å². The number of methoxy groups -OCH3 is 1. The van der Waals surface area contributed by atoms with Gasteiger partial charge in [0.15, 0.2) is 0 Å². The number of thiazole rings is 1. The molecule has 1 aromatic heterocycles. The Balaban J connectivity index is 2.45. The summed E-state index contributed by atoms with van der Waals surface area (Å²) < 4.78 is 10.7. The predicted molar refractivity (Wildman–Crippen MR) is 99.1 cm³/mol. The van der Waals surface area contributed by atoms with Crippen molar-refractivity contribution in [2.45, 2.75) is 13.8 Å². The van der Waals surface area contributed by atoms with Crippen LogP contribution in [0.4, 0.5) is 5.69 Å². The van der Waals surface area contributed by atoms with Crippen LogP contribution in [0.25, 0.3) is 10.6 Å². The van der Waals surface area contributed by atoms with Gasteiger partial charge >= 0.3 is 5.97 Å².